The van der Waals surface area contributed by atoms with Gasteiger partial charge in [-0.2, -0.15) is 5.10 Å². The highest BCUT2D eigenvalue weighted by Crippen LogP contribution is 2.45. The molecule has 1 spiro atoms. The number of anilines is 4. The van der Waals surface area contributed by atoms with Crippen LogP contribution in [0.2, 0.25) is 5.02 Å². The summed E-state index contributed by atoms with van der Waals surface area (Å²) in [6.07, 6.45) is 12.1. The number of fused-ring (bicyclic) bond motifs is 1. The second kappa shape index (κ2) is 10.9. The summed E-state index contributed by atoms with van der Waals surface area (Å²) < 4.78 is 7.55. The lowest BCUT2D eigenvalue weighted by atomic mass is 9.86. The maximum Gasteiger partial charge on any atom is 0.248 e. The first-order chi connectivity index (χ1) is 19.9. The van der Waals surface area contributed by atoms with Gasteiger partial charge in [0, 0.05) is 37.0 Å². The maximum absolute atomic E-state index is 12.7. The van der Waals surface area contributed by atoms with Gasteiger partial charge < -0.3 is 20.3 Å². The molecule has 10 nitrogen and oxygen atoms in total. The molecule has 2 aliphatic heterocycles. The highest BCUT2D eigenvalue weighted by atomic mass is 35.5. The van der Waals surface area contributed by atoms with Crippen LogP contribution in [0.3, 0.4) is 0 Å². The number of hydrogen-bond acceptors (Lipinski definition) is 8. The number of methoxy groups -OCH3 is 1. The number of pyridine rings is 1. The number of nitrogens with one attached hydrogen (secondary N) is 2. The van der Waals surface area contributed by atoms with E-state index >= 15 is 0 Å². The standard InChI is InChI=1S/C30H31ClN8O2/c1-4-5-10-27(40)34-22-14-23(26(41-3)15-25(22)38-18-30(19-38)11-8-12-37(30)2)35-29-32-17-21(31)28(36-29)20-16-33-39-13-7-6-9-24(20)39/h4-7,9-10,13-17H,1,8,11-12,18-19H2,2-3H3,(H,34,40)(H,32,35,36)/b10-5-. The molecule has 5 heterocycles. The highest BCUT2D eigenvalue weighted by Gasteiger charge is 2.49. The lowest BCUT2D eigenvalue weighted by Crippen LogP contribution is -2.67. The van der Waals surface area contributed by atoms with E-state index < -0.39 is 0 Å². The van der Waals surface area contributed by atoms with E-state index in [1.165, 1.54) is 18.9 Å². The molecule has 0 saturated carbocycles. The van der Waals surface area contributed by atoms with Crippen LogP contribution in [0.5, 0.6) is 5.75 Å². The van der Waals surface area contributed by atoms with Crippen LogP contribution in [0.4, 0.5) is 23.0 Å². The fourth-order valence-corrected chi connectivity index (χ4v) is 5.88. The normalized spacial score (nSPS) is 16.3. The number of halogens is 1. The number of allylic oxidation sites excluding steroid dienone is 2. The molecule has 1 amide bonds. The predicted octanol–water partition coefficient (Wildman–Crippen LogP) is 5.16. The number of carbonyl (C=O) groups is 1. The molecule has 6 rings (SSSR count). The Morgan fingerprint density at radius 3 is 2.83 bits per heavy atom. The van der Waals surface area contributed by atoms with Gasteiger partial charge in [0.2, 0.25) is 11.9 Å². The van der Waals surface area contributed by atoms with Crippen LogP contribution in [0.1, 0.15) is 12.8 Å². The van der Waals surface area contributed by atoms with Crippen LogP contribution < -0.4 is 20.3 Å². The maximum atomic E-state index is 12.7. The van der Waals surface area contributed by atoms with Crippen LogP contribution in [-0.2, 0) is 4.79 Å². The quantitative estimate of drug-likeness (QED) is 0.221. The Morgan fingerprint density at radius 1 is 1.22 bits per heavy atom. The number of likely N-dealkylation sites (N-methyl/N-ethyl adjacent to an activating group) is 1. The second-order valence-corrected chi connectivity index (χ2v) is 10.8. The number of carbonyl (C=O) groups excluding carboxylic acids is 1. The Hall–Kier alpha value is -4.41. The molecule has 0 bridgehead atoms. The van der Waals surface area contributed by atoms with E-state index in [0.717, 1.165) is 36.4 Å². The third-order valence-corrected chi connectivity index (χ3v) is 8.16. The van der Waals surface area contributed by atoms with Crippen LogP contribution in [-0.4, -0.2) is 69.7 Å². The van der Waals surface area contributed by atoms with Gasteiger partial charge in [-0.1, -0.05) is 36.4 Å². The largest absolute Gasteiger partial charge is 0.494 e. The fourth-order valence-electron chi connectivity index (χ4n) is 5.69. The minimum Gasteiger partial charge on any atom is -0.494 e. The van der Waals surface area contributed by atoms with Crippen molar-refractivity contribution in [2.45, 2.75) is 18.4 Å². The molecule has 210 valence electrons. The average Bonchev–Trinajstić information content (AvgIpc) is 3.56. The topological polar surface area (TPSA) is 99.9 Å². The van der Waals surface area contributed by atoms with E-state index in [1.807, 2.05) is 36.5 Å². The van der Waals surface area contributed by atoms with E-state index in [-0.39, 0.29) is 11.4 Å². The minimum atomic E-state index is -0.256. The van der Waals surface area contributed by atoms with Crippen molar-refractivity contribution in [3.63, 3.8) is 0 Å². The van der Waals surface area contributed by atoms with Gasteiger partial charge in [-0.15, -0.1) is 0 Å². The molecule has 0 atom stereocenters. The Morgan fingerprint density at radius 2 is 2.07 bits per heavy atom. The van der Waals surface area contributed by atoms with E-state index in [1.54, 1.807) is 36.2 Å². The molecular formula is C30H31ClN8O2. The van der Waals surface area contributed by atoms with Crippen LogP contribution >= 0.6 is 11.6 Å². The van der Waals surface area contributed by atoms with E-state index in [2.05, 4.69) is 44.1 Å². The van der Waals surface area contributed by atoms with Crippen LogP contribution in [0, 0.1) is 0 Å². The van der Waals surface area contributed by atoms with E-state index in [4.69, 9.17) is 21.3 Å². The summed E-state index contributed by atoms with van der Waals surface area (Å²) in [5.74, 6) is 0.662. The lowest BCUT2D eigenvalue weighted by Gasteiger charge is -2.53. The van der Waals surface area contributed by atoms with Crippen molar-refractivity contribution in [2.24, 2.45) is 0 Å². The first-order valence-electron chi connectivity index (χ1n) is 13.4. The first-order valence-corrected chi connectivity index (χ1v) is 13.8. The lowest BCUT2D eigenvalue weighted by molar-refractivity contribution is -0.111. The summed E-state index contributed by atoms with van der Waals surface area (Å²) in [7, 11) is 3.80. The van der Waals surface area contributed by atoms with Gasteiger partial charge in [-0.05, 0) is 44.6 Å². The van der Waals surface area contributed by atoms with Crippen LogP contribution in [0.25, 0.3) is 16.8 Å². The van der Waals surface area contributed by atoms with Crippen molar-refractivity contribution in [3.05, 3.63) is 78.8 Å². The summed E-state index contributed by atoms with van der Waals surface area (Å²) in [5, 5.41) is 11.1. The smallest absolute Gasteiger partial charge is 0.248 e. The molecule has 0 unspecified atom stereocenters. The summed E-state index contributed by atoms with van der Waals surface area (Å²) in [5.41, 5.74) is 4.53. The zero-order chi connectivity index (χ0) is 28.6. The molecular weight excluding hydrogens is 540 g/mol. The molecule has 11 heteroatoms. The monoisotopic (exact) mass is 570 g/mol. The Kier molecular flexibility index (Phi) is 7.10. The number of benzene rings is 1. The number of aromatic nitrogens is 4. The molecule has 1 aromatic carbocycles. The zero-order valence-electron chi connectivity index (χ0n) is 23.0. The van der Waals surface area contributed by atoms with Gasteiger partial charge >= 0.3 is 0 Å². The number of ether oxygens (including phenoxy) is 1. The molecule has 4 aromatic rings. The number of rotatable bonds is 8. The van der Waals surface area contributed by atoms with Gasteiger partial charge in [0.1, 0.15) is 5.75 Å². The Balaban J connectivity index is 1.35. The molecule has 2 saturated heterocycles. The van der Waals surface area contributed by atoms with E-state index in [0.29, 0.717) is 33.8 Å². The second-order valence-electron chi connectivity index (χ2n) is 10.4. The summed E-state index contributed by atoms with van der Waals surface area (Å²) >= 11 is 6.53. The molecule has 0 radical (unpaired) electrons. The van der Waals surface area contributed by atoms with Gasteiger partial charge in [-0.3, -0.25) is 9.69 Å². The summed E-state index contributed by atoms with van der Waals surface area (Å²) in [4.78, 5) is 26.6. The van der Waals surface area contributed by atoms with Crippen molar-refractivity contribution in [3.8, 4) is 17.0 Å². The van der Waals surface area contributed by atoms with Crippen molar-refractivity contribution in [1.82, 2.24) is 24.5 Å². The van der Waals surface area contributed by atoms with Gasteiger partial charge in [0.15, 0.2) is 0 Å². The summed E-state index contributed by atoms with van der Waals surface area (Å²) in [6, 6.07) is 9.59. The Bertz CT molecular complexity index is 1660. The number of likely N-dealkylation sites (tertiary alicyclic amines) is 1. The number of hydrogen-bond donors (Lipinski definition) is 2. The number of amides is 1. The molecule has 2 aliphatic rings. The SMILES string of the molecule is C=C/C=C\C(=O)Nc1cc(Nc2ncc(Cl)c(-c3cnn4ccccc34)n2)c(OC)cc1N1CC2(CCCN2C)C1. The molecule has 2 N–H and O–H groups in total. The van der Waals surface area contributed by atoms with Gasteiger partial charge in [-0.25, -0.2) is 14.5 Å². The van der Waals surface area contributed by atoms with Crippen molar-refractivity contribution in [2.75, 3.05) is 49.3 Å². The zero-order valence-corrected chi connectivity index (χ0v) is 23.7. The molecule has 41 heavy (non-hydrogen) atoms. The molecule has 0 aliphatic carbocycles. The fraction of sp³-hybridized carbons (Fsp3) is 0.267. The highest BCUT2D eigenvalue weighted by molar-refractivity contribution is 6.33. The number of nitrogens with zero attached hydrogens (tertiary/aromatic N) is 6. The molecule has 3 aromatic heterocycles. The van der Waals surface area contributed by atoms with Crippen molar-refractivity contribution < 1.29 is 9.53 Å². The third-order valence-electron chi connectivity index (χ3n) is 7.89. The molecule has 2 fully saturated rings. The van der Waals surface area contributed by atoms with Gasteiger partial charge in [0.05, 0.1) is 58.3 Å². The van der Waals surface area contributed by atoms with Crippen LogP contribution in [0.15, 0.2) is 73.7 Å². The third kappa shape index (κ3) is 5.00. The van der Waals surface area contributed by atoms with E-state index in [9.17, 15) is 4.79 Å². The Labute approximate surface area is 243 Å². The summed E-state index contributed by atoms with van der Waals surface area (Å²) in [6.45, 7) is 6.52. The predicted molar refractivity (Wildman–Crippen MR) is 162 cm³/mol. The van der Waals surface area contributed by atoms with Gasteiger partial charge in [0.25, 0.3) is 0 Å². The average molecular weight is 571 g/mol. The first kappa shape index (κ1) is 26.8. The minimum absolute atomic E-state index is 0.180. The van der Waals surface area contributed by atoms with Crippen molar-refractivity contribution >= 4 is 46.0 Å². The van der Waals surface area contributed by atoms with Crippen molar-refractivity contribution in [1.29, 1.82) is 0 Å².